The van der Waals surface area contributed by atoms with Crippen LogP contribution in [0.3, 0.4) is 0 Å². The van der Waals surface area contributed by atoms with Gasteiger partial charge in [0.15, 0.2) is 0 Å². The normalized spacial score (nSPS) is 16.5. The average molecular weight is 407 g/mol. The summed E-state index contributed by atoms with van der Waals surface area (Å²) in [5.74, 6) is -1.19. The molecule has 0 bridgehead atoms. The fourth-order valence-electron chi connectivity index (χ4n) is 3.09. The van der Waals surface area contributed by atoms with Gasteiger partial charge in [0.05, 0.1) is 22.5 Å². The summed E-state index contributed by atoms with van der Waals surface area (Å²) in [4.78, 5) is 28.7. The van der Waals surface area contributed by atoms with E-state index in [9.17, 15) is 22.8 Å². The summed E-state index contributed by atoms with van der Waals surface area (Å²) in [6.45, 7) is 3.81. The number of rotatable bonds is 4. The van der Waals surface area contributed by atoms with Gasteiger partial charge >= 0.3 is 6.18 Å². The largest absolute Gasteiger partial charge is 0.418 e. The number of aryl methyl sites for hydroxylation is 2. The highest BCUT2D eigenvalue weighted by molar-refractivity contribution is 6.05. The van der Waals surface area contributed by atoms with Gasteiger partial charge in [-0.3, -0.25) is 14.6 Å². The van der Waals surface area contributed by atoms with Gasteiger partial charge in [-0.1, -0.05) is 0 Å². The van der Waals surface area contributed by atoms with Crippen molar-refractivity contribution in [3.8, 4) is 0 Å². The molecular formula is C20H20F3N3O3. The maximum atomic E-state index is 13.6. The molecule has 3 rings (SSSR count). The van der Waals surface area contributed by atoms with Crippen LogP contribution in [0.2, 0.25) is 0 Å². The number of hydrogen-bond donors (Lipinski definition) is 2. The Hall–Kier alpha value is -2.94. The standard InChI is InChI=1S/C20H20F3N3O3/c1-11-5-7-14(12(2)24-11)18(27)26-16-8-6-13(10-15(16)20(21,22)23)25-19(28)17-4-3-9-29-17/h5-8,10,17H,3-4,9H2,1-2H3,(H,25,28)(H,26,27). The molecule has 2 amide bonds. The third-order valence-corrected chi connectivity index (χ3v) is 4.53. The van der Waals surface area contributed by atoms with Gasteiger partial charge in [-0.25, -0.2) is 0 Å². The lowest BCUT2D eigenvalue weighted by molar-refractivity contribution is -0.137. The first kappa shape index (κ1) is 20.8. The molecule has 2 heterocycles. The van der Waals surface area contributed by atoms with Gasteiger partial charge in [-0.15, -0.1) is 0 Å². The van der Waals surface area contributed by atoms with Crippen LogP contribution in [0.25, 0.3) is 0 Å². The van der Waals surface area contributed by atoms with Crippen LogP contribution in [0, 0.1) is 13.8 Å². The molecule has 154 valence electrons. The van der Waals surface area contributed by atoms with Crippen LogP contribution >= 0.6 is 0 Å². The van der Waals surface area contributed by atoms with Gasteiger partial charge < -0.3 is 15.4 Å². The first-order chi connectivity index (χ1) is 13.6. The summed E-state index contributed by atoms with van der Waals surface area (Å²) in [5.41, 5.74) is -0.201. The SMILES string of the molecule is Cc1ccc(C(=O)Nc2ccc(NC(=O)C3CCCO3)cc2C(F)(F)F)c(C)n1. The Kier molecular flexibility index (Phi) is 5.88. The Labute approximate surface area is 165 Å². The van der Waals surface area contributed by atoms with Crippen molar-refractivity contribution in [3.63, 3.8) is 0 Å². The van der Waals surface area contributed by atoms with E-state index in [1.807, 2.05) is 0 Å². The number of pyridine rings is 1. The number of anilines is 2. The summed E-state index contributed by atoms with van der Waals surface area (Å²) < 4.78 is 45.9. The molecule has 9 heteroatoms. The van der Waals surface area contributed by atoms with Crippen LogP contribution in [0.15, 0.2) is 30.3 Å². The second kappa shape index (κ2) is 8.20. The molecule has 1 unspecified atom stereocenters. The smallest absolute Gasteiger partial charge is 0.368 e. The minimum Gasteiger partial charge on any atom is -0.368 e. The topological polar surface area (TPSA) is 80.3 Å². The van der Waals surface area contributed by atoms with Gasteiger partial charge in [0, 0.05) is 18.0 Å². The molecule has 29 heavy (non-hydrogen) atoms. The summed E-state index contributed by atoms with van der Waals surface area (Å²) >= 11 is 0. The lowest BCUT2D eigenvalue weighted by atomic mass is 10.1. The zero-order chi connectivity index (χ0) is 21.2. The molecule has 0 radical (unpaired) electrons. The van der Waals surface area contributed by atoms with Crippen molar-refractivity contribution < 1.29 is 27.5 Å². The molecule has 1 fully saturated rings. The molecule has 0 spiro atoms. The molecule has 2 N–H and O–H groups in total. The highest BCUT2D eigenvalue weighted by Gasteiger charge is 2.35. The van der Waals surface area contributed by atoms with Crippen LogP contribution < -0.4 is 10.6 Å². The van der Waals surface area contributed by atoms with E-state index < -0.39 is 35.3 Å². The zero-order valence-electron chi connectivity index (χ0n) is 15.9. The van der Waals surface area contributed by atoms with Crippen molar-refractivity contribution in [2.45, 2.75) is 39.0 Å². The van der Waals surface area contributed by atoms with E-state index in [2.05, 4.69) is 15.6 Å². The van der Waals surface area contributed by atoms with Crippen LogP contribution in [0.1, 0.15) is 40.2 Å². The molecule has 1 saturated heterocycles. The van der Waals surface area contributed by atoms with Crippen LogP contribution in [0.4, 0.5) is 24.5 Å². The number of amides is 2. The predicted molar refractivity (Wildman–Crippen MR) is 101 cm³/mol. The number of carbonyl (C=O) groups is 2. The molecule has 1 aliphatic heterocycles. The van der Waals surface area contributed by atoms with Gasteiger partial charge in [0.25, 0.3) is 11.8 Å². The van der Waals surface area contributed by atoms with Crippen molar-refractivity contribution in [3.05, 3.63) is 52.8 Å². The molecule has 2 aromatic rings. The summed E-state index contributed by atoms with van der Waals surface area (Å²) in [5, 5.41) is 4.73. The molecule has 1 atom stereocenters. The van der Waals surface area contributed by atoms with Gasteiger partial charge in [-0.05, 0) is 57.0 Å². The minimum atomic E-state index is -4.73. The molecular weight excluding hydrogens is 387 g/mol. The summed E-state index contributed by atoms with van der Waals surface area (Å²) in [6.07, 6.45) is -4.14. The second-order valence-electron chi connectivity index (χ2n) is 6.79. The Bertz CT molecular complexity index is 938. The summed E-state index contributed by atoms with van der Waals surface area (Å²) in [7, 11) is 0. The fraction of sp³-hybridized carbons (Fsp3) is 0.350. The average Bonchev–Trinajstić information content (AvgIpc) is 3.16. The van der Waals surface area contributed by atoms with Gasteiger partial charge in [0.2, 0.25) is 0 Å². The Morgan fingerprint density at radius 2 is 1.90 bits per heavy atom. The van der Waals surface area contributed by atoms with Crippen molar-refractivity contribution in [2.75, 3.05) is 17.2 Å². The Balaban J connectivity index is 1.84. The van der Waals surface area contributed by atoms with E-state index in [1.165, 1.54) is 12.1 Å². The number of halogens is 3. The molecule has 0 saturated carbocycles. The second-order valence-corrected chi connectivity index (χ2v) is 6.79. The molecule has 0 aliphatic carbocycles. The highest BCUT2D eigenvalue weighted by atomic mass is 19.4. The van der Waals surface area contributed by atoms with Crippen LogP contribution in [0.5, 0.6) is 0 Å². The quantitative estimate of drug-likeness (QED) is 0.800. The fourth-order valence-corrected chi connectivity index (χ4v) is 3.09. The van der Waals surface area contributed by atoms with Gasteiger partial charge in [0.1, 0.15) is 6.10 Å². The number of hydrogen-bond acceptors (Lipinski definition) is 4. The first-order valence-corrected chi connectivity index (χ1v) is 9.04. The lowest BCUT2D eigenvalue weighted by Crippen LogP contribution is -2.27. The Morgan fingerprint density at radius 3 is 2.52 bits per heavy atom. The number of carbonyl (C=O) groups excluding carboxylic acids is 2. The highest BCUT2D eigenvalue weighted by Crippen LogP contribution is 2.37. The summed E-state index contributed by atoms with van der Waals surface area (Å²) in [6, 6.07) is 6.33. The molecule has 1 aromatic heterocycles. The monoisotopic (exact) mass is 407 g/mol. The van der Waals surface area contributed by atoms with Gasteiger partial charge in [-0.2, -0.15) is 13.2 Å². The van der Waals surface area contributed by atoms with Crippen molar-refractivity contribution in [2.24, 2.45) is 0 Å². The van der Waals surface area contributed by atoms with Crippen molar-refractivity contribution >= 4 is 23.2 Å². The first-order valence-electron chi connectivity index (χ1n) is 9.04. The van der Waals surface area contributed by atoms with E-state index in [-0.39, 0.29) is 11.3 Å². The molecule has 6 nitrogen and oxygen atoms in total. The van der Waals surface area contributed by atoms with E-state index in [4.69, 9.17) is 4.74 Å². The number of aromatic nitrogens is 1. The third-order valence-electron chi connectivity index (χ3n) is 4.53. The number of nitrogens with one attached hydrogen (secondary N) is 2. The van der Waals surface area contributed by atoms with Crippen LogP contribution in [-0.4, -0.2) is 29.5 Å². The van der Waals surface area contributed by atoms with E-state index in [0.29, 0.717) is 24.4 Å². The Morgan fingerprint density at radius 1 is 1.14 bits per heavy atom. The molecule has 1 aromatic carbocycles. The number of benzene rings is 1. The zero-order valence-corrected chi connectivity index (χ0v) is 15.9. The number of ether oxygens (including phenoxy) is 1. The van der Waals surface area contributed by atoms with Crippen LogP contribution in [-0.2, 0) is 15.7 Å². The van der Waals surface area contributed by atoms with E-state index in [1.54, 1.807) is 19.9 Å². The number of nitrogens with zero attached hydrogens (tertiary/aromatic N) is 1. The predicted octanol–water partition coefficient (Wildman–Crippen LogP) is 4.09. The van der Waals surface area contributed by atoms with E-state index in [0.717, 1.165) is 18.6 Å². The van der Waals surface area contributed by atoms with Crippen molar-refractivity contribution in [1.29, 1.82) is 0 Å². The van der Waals surface area contributed by atoms with Crippen molar-refractivity contribution in [1.82, 2.24) is 4.98 Å². The lowest BCUT2D eigenvalue weighted by Gasteiger charge is -2.17. The maximum Gasteiger partial charge on any atom is 0.418 e. The minimum absolute atomic E-state index is 0.0241. The molecule has 1 aliphatic rings. The third kappa shape index (κ3) is 4.92. The number of alkyl halides is 3. The maximum absolute atomic E-state index is 13.6. The van der Waals surface area contributed by atoms with E-state index >= 15 is 0 Å².